The molecule has 0 spiro atoms. The minimum absolute atomic E-state index is 0.441. The maximum absolute atomic E-state index is 7.70. The van der Waals surface area contributed by atoms with Crippen molar-refractivity contribution in [1.29, 1.82) is 5.41 Å². The van der Waals surface area contributed by atoms with Gasteiger partial charge in [0, 0.05) is 30.4 Å². The highest BCUT2D eigenvalue weighted by atomic mass is 15.2. The van der Waals surface area contributed by atoms with Gasteiger partial charge in [-0.2, -0.15) is 0 Å². The standard InChI is InChI=1S/C13H21N5/c1-9(14)12-7-11(8-17-13(12)15)18-5-3-10(16-2)4-6-18/h7-8,10,14,16H,3-6H2,1-2H3,(H2,15,17). The Morgan fingerprint density at radius 1 is 1.50 bits per heavy atom. The molecule has 0 aliphatic carbocycles. The van der Waals surface area contributed by atoms with Crippen molar-refractivity contribution in [2.75, 3.05) is 30.8 Å². The van der Waals surface area contributed by atoms with Crippen molar-refractivity contribution in [3.8, 4) is 0 Å². The van der Waals surface area contributed by atoms with Gasteiger partial charge in [-0.25, -0.2) is 4.98 Å². The Kier molecular flexibility index (Phi) is 3.81. The van der Waals surface area contributed by atoms with Crippen molar-refractivity contribution in [3.05, 3.63) is 17.8 Å². The lowest BCUT2D eigenvalue weighted by molar-refractivity contribution is 0.442. The number of hydrogen-bond acceptors (Lipinski definition) is 5. The third kappa shape index (κ3) is 2.61. The van der Waals surface area contributed by atoms with Gasteiger partial charge in [0.25, 0.3) is 0 Å². The molecule has 0 radical (unpaired) electrons. The van der Waals surface area contributed by atoms with Crippen LogP contribution in [0.1, 0.15) is 25.3 Å². The molecule has 1 fully saturated rings. The van der Waals surface area contributed by atoms with Crippen LogP contribution in [0.15, 0.2) is 12.3 Å². The molecule has 1 aliphatic heterocycles. The third-order valence-corrected chi connectivity index (χ3v) is 3.58. The molecular formula is C13H21N5. The lowest BCUT2D eigenvalue weighted by Gasteiger charge is -2.33. The van der Waals surface area contributed by atoms with Gasteiger partial charge in [-0.3, -0.25) is 0 Å². The summed E-state index contributed by atoms with van der Waals surface area (Å²) >= 11 is 0. The Balaban J connectivity index is 2.15. The highest BCUT2D eigenvalue weighted by Crippen LogP contribution is 2.22. The lowest BCUT2D eigenvalue weighted by Crippen LogP contribution is -2.41. The smallest absolute Gasteiger partial charge is 0.132 e. The molecule has 0 atom stereocenters. The maximum atomic E-state index is 7.70. The van der Waals surface area contributed by atoms with E-state index < -0.39 is 0 Å². The number of hydrogen-bond donors (Lipinski definition) is 3. The zero-order chi connectivity index (χ0) is 13.1. The Labute approximate surface area is 108 Å². The molecule has 2 heterocycles. The Hall–Kier alpha value is -1.62. The van der Waals surface area contributed by atoms with Crippen LogP contribution >= 0.6 is 0 Å². The second kappa shape index (κ2) is 5.35. The SMILES string of the molecule is CNC1CCN(c2cnc(N)c(C(C)=N)c2)CC1. The molecule has 5 heteroatoms. The van der Waals surface area contributed by atoms with E-state index in [-0.39, 0.29) is 0 Å². The summed E-state index contributed by atoms with van der Waals surface area (Å²) in [6, 6.07) is 2.59. The number of pyridine rings is 1. The van der Waals surface area contributed by atoms with Crippen molar-refractivity contribution < 1.29 is 0 Å². The number of nitrogens with two attached hydrogens (primary N) is 1. The van der Waals surface area contributed by atoms with Crippen molar-refractivity contribution in [3.63, 3.8) is 0 Å². The highest BCUT2D eigenvalue weighted by molar-refractivity contribution is 6.00. The molecule has 1 aromatic heterocycles. The van der Waals surface area contributed by atoms with Crippen LogP contribution in [-0.4, -0.2) is 36.9 Å². The number of rotatable bonds is 3. The first-order valence-electron chi connectivity index (χ1n) is 6.35. The molecule has 4 N–H and O–H groups in total. The number of anilines is 2. The molecule has 18 heavy (non-hydrogen) atoms. The van der Waals surface area contributed by atoms with Gasteiger partial charge in [-0.1, -0.05) is 0 Å². The van der Waals surface area contributed by atoms with Crippen molar-refractivity contribution in [1.82, 2.24) is 10.3 Å². The number of nitrogens with one attached hydrogen (secondary N) is 2. The molecule has 1 aromatic rings. The monoisotopic (exact) mass is 247 g/mol. The second-order valence-corrected chi connectivity index (χ2v) is 4.80. The fourth-order valence-electron chi connectivity index (χ4n) is 2.36. The summed E-state index contributed by atoms with van der Waals surface area (Å²) in [7, 11) is 2.02. The quantitative estimate of drug-likeness (QED) is 0.702. The summed E-state index contributed by atoms with van der Waals surface area (Å²) in [4.78, 5) is 6.51. The van der Waals surface area contributed by atoms with Gasteiger partial charge in [-0.15, -0.1) is 0 Å². The van der Waals surface area contributed by atoms with Crippen LogP contribution in [0.2, 0.25) is 0 Å². The van der Waals surface area contributed by atoms with E-state index in [4.69, 9.17) is 11.1 Å². The number of nitrogen functional groups attached to an aromatic ring is 1. The maximum Gasteiger partial charge on any atom is 0.132 e. The van der Waals surface area contributed by atoms with Gasteiger partial charge in [0.15, 0.2) is 0 Å². The van der Waals surface area contributed by atoms with Crippen LogP contribution in [0, 0.1) is 5.41 Å². The van der Waals surface area contributed by atoms with E-state index in [1.807, 2.05) is 19.3 Å². The Morgan fingerprint density at radius 3 is 2.72 bits per heavy atom. The summed E-state index contributed by atoms with van der Waals surface area (Å²) in [6.07, 6.45) is 4.08. The van der Waals surface area contributed by atoms with Crippen LogP contribution in [0.5, 0.6) is 0 Å². The molecular weight excluding hydrogens is 226 g/mol. The molecule has 1 saturated heterocycles. The molecule has 1 aliphatic rings. The third-order valence-electron chi connectivity index (χ3n) is 3.58. The minimum atomic E-state index is 0.441. The summed E-state index contributed by atoms with van der Waals surface area (Å²) in [5.41, 5.74) is 8.06. The average molecular weight is 247 g/mol. The molecule has 0 bridgehead atoms. The van der Waals surface area contributed by atoms with E-state index in [1.54, 1.807) is 6.92 Å². The summed E-state index contributed by atoms with van der Waals surface area (Å²) in [5.74, 6) is 0.441. The molecule has 98 valence electrons. The molecule has 0 amide bonds. The number of aromatic nitrogens is 1. The summed E-state index contributed by atoms with van der Waals surface area (Å²) < 4.78 is 0. The van der Waals surface area contributed by atoms with E-state index >= 15 is 0 Å². The van der Waals surface area contributed by atoms with Gasteiger partial charge in [-0.05, 0) is 32.9 Å². The minimum Gasteiger partial charge on any atom is -0.383 e. The van der Waals surface area contributed by atoms with Crippen LogP contribution in [-0.2, 0) is 0 Å². The fraction of sp³-hybridized carbons (Fsp3) is 0.538. The number of piperidine rings is 1. The van der Waals surface area contributed by atoms with Crippen molar-refractivity contribution >= 4 is 17.2 Å². The van der Waals surface area contributed by atoms with Crippen molar-refractivity contribution in [2.24, 2.45) is 0 Å². The van der Waals surface area contributed by atoms with Crippen LogP contribution < -0.4 is 16.0 Å². The Morgan fingerprint density at radius 2 is 2.17 bits per heavy atom. The Bertz CT molecular complexity index is 435. The van der Waals surface area contributed by atoms with Gasteiger partial charge < -0.3 is 21.4 Å². The van der Waals surface area contributed by atoms with E-state index in [0.29, 0.717) is 17.6 Å². The summed E-state index contributed by atoms with van der Waals surface area (Å²) in [6.45, 7) is 3.78. The molecule has 5 nitrogen and oxygen atoms in total. The normalized spacial score (nSPS) is 16.9. The van der Waals surface area contributed by atoms with Crippen LogP contribution in [0.25, 0.3) is 0 Å². The molecule has 0 saturated carbocycles. The van der Waals surface area contributed by atoms with Gasteiger partial charge >= 0.3 is 0 Å². The molecule has 0 aromatic carbocycles. The lowest BCUT2D eigenvalue weighted by atomic mass is 10.0. The largest absolute Gasteiger partial charge is 0.383 e. The van der Waals surface area contributed by atoms with Gasteiger partial charge in [0.1, 0.15) is 5.82 Å². The van der Waals surface area contributed by atoms with E-state index in [1.165, 1.54) is 0 Å². The topological polar surface area (TPSA) is 78.0 Å². The predicted octanol–water partition coefficient (Wildman–Crippen LogP) is 1.24. The predicted molar refractivity (Wildman–Crippen MR) is 75.4 cm³/mol. The second-order valence-electron chi connectivity index (χ2n) is 4.80. The fourth-order valence-corrected chi connectivity index (χ4v) is 2.36. The van der Waals surface area contributed by atoms with Gasteiger partial charge in [0.05, 0.1) is 11.9 Å². The first kappa shape index (κ1) is 12.8. The van der Waals surface area contributed by atoms with E-state index in [2.05, 4.69) is 15.2 Å². The van der Waals surface area contributed by atoms with Crippen LogP contribution in [0.3, 0.4) is 0 Å². The zero-order valence-electron chi connectivity index (χ0n) is 11.0. The highest BCUT2D eigenvalue weighted by Gasteiger charge is 2.19. The first-order valence-corrected chi connectivity index (χ1v) is 6.35. The summed E-state index contributed by atoms with van der Waals surface area (Å²) in [5, 5.41) is 11.0. The number of nitrogens with zero attached hydrogens (tertiary/aromatic N) is 2. The van der Waals surface area contributed by atoms with E-state index in [0.717, 1.165) is 37.2 Å². The van der Waals surface area contributed by atoms with Crippen LogP contribution in [0.4, 0.5) is 11.5 Å². The van der Waals surface area contributed by atoms with Crippen molar-refractivity contribution in [2.45, 2.75) is 25.8 Å². The molecule has 2 rings (SSSR count). The van der Waals surface area contributed by atoms with E-state index in [9.17, 15) is 0 Å². The zero-order valence-corrected chi connectivity index (χ0v) is 11.0. The van der Waals surface area contributed by atoms with Gasteiger partial charge in [0.2, 0.25) is 0 Å². The molecule has 0 unspecified atom stereocenters. The first-order chi connectivity index (χ1) is 8.61. The average Bonchev–Trinajstić information content (AvgIpc) is 2.39.